The van der Waals surface area contributed by atoms with Crippen LogP contribution in [-0.2, 0) is 0 Å². The smallest absolute Gasteiger partial charge is 0.0922 e. The maximum atomic E-state index is 15.1. The summed E-state index contributed by atoms with van der Waals surface area (Å²) in [5.41, 5.74) is 1.11. The molecule has 0 atom stereocenters. The molecule has 0 aliphatic carbocycles. The molecule has 0 fully saturated rings. The van der Waals surface area contributed by atoms with Gasteiger partial charge in [0, 0.05) is 0 Å². The average molecular weight is 568 g/mol. The van der Waals surface area contributed by atoms with Gasteiger partial charge in [-0.1, -0.05) is 115 Å². The van der Waals surface area contributed by atoms with Crippen molar-refractivity contribution in [3.05, 3.63) is 90.2 Å². The Morgan fingerprint density at radius 3 is 1.10 bits per heavy atom. The normalized spacial score (nSPS) is 11.7. The van der Waals surface area contributed by atoms with Crippen molar-refractivity contribution in [2.75, 3.05) is 26.2 Å². The van der Waals surface area contributed by atoms with E-state index in [1.165, 1.54) is 74.5 Å². The molecule has 226 valence electrons. The van der Waals surface area contributed by atoms with Gasteiger partial charge in [-0.05, 0) is 43.9 Å². The van der Waals surface area contributed by atoms with E-state index in [0.717, 1.165) is 25.7 Å². The van der Waals surface area contributed by atoms with Crippen molar-refractivity contribution < 1.29 is 17.7 Å². The van der Waals surface area contributed by atoms with Crippen LogP contribution in [0.5, 0.6) is 0 Å². The van der Waals surface area contributed by atoms with Crippen molar-refractivity contribution in [1.82, 2.24) is 0 Å². The van der Waals surface area contributed by atoms with Crippen LogP contribution >= 0.6 is 0 Å². The number of rotatable bonds is 16. The summed E-state index contributed by atoms with van der Waals surface area (Å²) >= 11 is 0. The first-order valence-corrected chi connectivity index (χ1v) is 16.1. The van der Waals surface area contributed by atoms with E-state index in [0.29, 0.717) is 22.7 Å². The predicted molar refractivity (Wildman–Crippen MR) is 174 cm³/mol. The van der Waals surface area contributed by atoms with Crippen molar-refractivity contribution >= 4 is 22.5 Å². The monoisotopic (exact) mass is 567 g/mol. The van der Waals surface area contributed by atoms with Gasteiger partial charge in [0.25, 0.3) is 0 Å². The van der Waals surface area contributed by atoms with Crippen LogP contribution in [0.3, 0.4) is 0 Å². The average Bonchev–Trinajstić information content (AvgIpc) is 2.96. The summed E-state index contributed by atoms with van der Waals surface area (Å²) in [7, 11) is 0. The molecule has 1 nitrogen and oxygen atoms in total. The van der Waals surface area contributed by atoms with Crippen molar-refractivity contribution in [1.29, 1.82) is 0 Å². The zero-order valence-corrected chi connectivity index (χ0v) is 26.3. The van der Waals surface area contributed by atoms with Crippen LogP contribution in [0, 0.1) is 17.5 Å². The standard InChI is InChI=1S/C24H25BF3.C12H28N/c1-2-3-4-11-18-25(19-12-5-8-15-22(19)26,20-13-6-9-16-23(20)27)21-14-7-10-17-24(21)28;1-5-9-13(10-6-2,11-7-3)12-8-4/h5-10,12-17H,2-4,11,18H2,1H3;5-12H2,1-4H3/q-1;+1. The highest BCUT2D eigenvalue weighted by Gasteiger charge is 2.35. The van der Waals surface area contributed by atoms with Gasteiger partial charge in [0.2, 0.25) is 0 Å². The summed E-state index contributed by atoms with van der Waals surface area (Å²) in [5.74, 6) is -1.28. The fourth-order valence-electron chi connectivity index (χ4n) is 7.04. The lowest BCUT2D eigenvalue weighted by molar-refractivity contribution is -0.928. The summed E-state index contributed by atoms with van der Waals surface area (Å²) in [6.45, 7) is 16.9. The molecule has 0 heterocycles. The number of halogens is 3. The van der Waals surface area contributed by atoms with Gasteiger partial charge in [0.05, 0.1) is 49.8 Å². The largest absolute Gasteiger partial charge is 0.324 e. The van der Waals surface area contributed by atoms with E-state index in [2.05, 4.69) is 34.6 Å². The minimum Gasteiger partial charge on any atom is -0.324 e. The van der Waals surface area contributed by atoms with E-state index < -0.39 is 23.6 Å². The quantitative estimate of drug-likeness (QED) is 0.0924. The molecule has 0 aliphatic heterocycles. The highest BCUT2D eigenvalue weighted by Crippen LogP contribution is 2.21. The van der Waals surface area contributed by atoms with Crippen LogP contribution in [-0.4, -0.2) is 36.8 Å². The maximum Gasteiger partial charge on any atom is 0.0922 e. The molecule has 0 amide bonds. The van der Waals surface area contributed by atoms with Crippen molar-refractivity contribution in [2.24, 2.45) is 0 Å². The molecular formula is C36H53BF3N. The van der Waals surface area contributed by atoms with E-state index >= 15 is 13.2 Å². The van der Waals surface area contributed by atoms with E-state index in [-0.39, 0.29) is 0 Å². The Bertz CT molecular complexity index is 1010. The Kier molecular flexibility index (Phi) is 15.3. The summed E-state index contributed by atoms with van der Waals surface area (Å²) in [5, 5.41) is 0. The summed E-state index contributed by atoms with van der Waals surface area (Å²) in [6, 6.07) is 19.2. The predicted octanol–water partition coefficient (Wildman–Crippen LogP) is 8.60. The first kappa shape index (κ1) is 34.7. The van der Waals surface area contributed by atoms with Crippen LogP contribution in [0.15, 0.2) is 72.8 Å². The molecule has 0 saturated carbocycles. The lowest BCUT2D eigenvalue weighted by Crippen LogP contribution is -2.69. The molecule has 0 unspecified atom stereocenters. The Balaban J connectivity index is 0.000000383. The minimum absolute atomic E-state index is 0.370. The zero-order chi connectivity index (χ0) is 30.1. The number of benzene rings is 3. The molecule has 3 aromatic carbocycles. The van der Waals surface area contributed by atoms with Crippen LogP contribution in [0.4, 0.5) is 13.2 Å². The molecule has 3 aromatic rings. The molecule has 0 spiro atoms. The lowest BCUT2D eigenvalue weighted by atomic mass is 9.13. The van der Waals surface area contributed by atoms with Crippen molar-refractivity contribution in [3.8, 4) is 0 Å². The first-order valence-electron chi connectivity index (χ1n) is 16.1. The molecule has 0 aromatic heterocycles. The molecule has 0 saturated heterocycles. The number of nitrogens with zero attached hydrogens (tertiary/aromatic N) is 1. The van der Waals surface area contributed by atoms with Gasteiger partial charge in [0.15, 0.2) is 0 Å². The fraction of sp³-hybridized carbons (Fsp3) is 0.500. The van der Waals surface area contributed by atoms with Crippen LogP contribution in [0.2, 0.25) is 6.32 Å². The molecule has 0 bridgehead atoms. The zero-order valence-electron chi connectivity index (χ0n) is 26.3. The van der Waals surface area contributed by atoms with Gasteiger partial charge >= 0.3 is 0 Å². The molecule has 5 heteroatoms. The van der Waals surface area contributed by atoms with Gasteiger partial charge < -0.3 is 4.48 Å². The summed E-state index contributed by atoms with van der Waals surface area (Å²) < 4.78 is 46.6. The Labute approximate surface area is 248 Å². The van der Waals surface area contributed by atoms with E-state index in [9.17, 15) is 0 Å². The Morgan fingerprint density at radius 2 is 0.805 bits per heavy atom. The number of quaternary nitrogens is 1. The molecular weight excluding hydrogens is 514 g/mol. The second-order valence-electron chi connectivity index (χ2n) is 11.7. The van der Waals surface area contributed by atoms with Crippen LogP contribution in [0.25, 0.3) is 0 Å². The minimum atomic E-state index is -2.13. The third-order valence-corrected chi connectivity index (χ3v) is 8.59. The molecule has 0 N–H and O–H groups in total. The van der Waals surface area contributed by atoms with E-state index in [1.54, 1.807) is 54.6 Å². The fourth-order valence-corrected chi connectivity index (χ4v) is 7.04. The maximum absolute atomic E-state index is 15.1. The second kappa shape index (κ2) is 18.1. The second-order valence-corrected chi connectivity index (χ2v) is 11.7. The van der Waals surface area contributed by atoms with Gasteiger partial charge in [-0.3, -0.25) is 0 Å². The van der Waals surface area contributed by atoms with Gasteiger partial charge in [-0.2, -0.15) is 22.7 Å². The number of hydrogen-bond donors (Lipinski definition) is 0. The van der Waals surface area contributed by atoms with Gasteiger partial charge in [0.1, 0.15) is 0 Å². The first-order chi connectivity index (χ1) is 19.9. The van der Waals surface area contributed by atoms with Crippen LogP contribution in [0.1, 0.15) is 86.0 Å². The SMILES string of the molecule is CCCCCC[B-](c1ccccc1F)(c1ccccc1F)c1ccccc1F.CCC[N+](CCC)(CCC)CCC. The third kappa shape index (κ3) is 9.23. The number of hydrogen-bond acceptors (Lipinski definition) is 0. The van der Waals surface area contributed by atoms with Crippen molar-refractivity contribution in [2.45, 2.75) is 92.3 Å². The molecule has 3 rings (SSSR count). The highest BCUT2D eigenvalue weighted by molar-refractivity contribution is 7.11. The Hall–Kier alpha value is -2.53. The lowest BCUT2D eigenvalue weighted by Gasteiger charge is -2.43. The van der Waals surface area contributed by atoms with Gasteiger partial charge in [-0.25, -0.2) is 13.2 Å². The summed E-state index contributed by atoms with van der Waals surface area (Å²) in [4.78, 5) is 0. The highest BCUT2D eigenvalue weighted by atomic mass is 19.1. The Morgan fingerprint density at radius 1 is 0.463 bits per heavy atom. The third-order valence-electron chi connectivity index (χ3n) is 8.59. The van der Waals surface area contributed by atoms with E-state index in [4.69, 9.17) is 0 Å². The van der Waals surface area contributed by atoms with Crippen LogP contribution < -0.4 is 16.4 Å². The van der Waals surface area contributed by atoms with E-state index in [1.807, 2.05) is 0 Å². The summed E-state index contributed by atoms with van der Waals surface area (Å²) in [6.07, 6.45) is 7.50. The number of unbranched alkanes of at least 4 members (excludes halogenated alkanes) is 3. The van der Waals surface area contributed by atoms with Crippen molar-refractivity contribution in [3.63, 3.8) is 0 Å². The molecule has 0 radical (unpaired) electrons. The topological polar surface area (TPSA) is 0 Å². The van der Waals surface area contributed by atoms with Gasteiger partial charge in [-0.15, -0.1) is 0 Å². The molecule has 41 heavy (non-hydrogen) atoms. The molecule has 0 aliphatic rings.